The van der Waals surface area contributed by atoms with E-state index in [0.29, 0.717) is 31.6 Å². The van der Waals surface area contributed by atoms with Gasteiger partial charge in [0.15, 0.2) is 5.76 Å². The average Bonchev–Trinajstić information content (AvgIpc) is 3.22. The largest absolute Gasteiger partial charge is 0.360 e. The first-order chi connectivity index (χ1) is 16.8. The van der Waals surface area contributed by atoms with E-state index in [9.17, 15) is 13.2 Å². The molecule has 2 aliphatic rings. The van der Waals surface area contributed by atoms with Gasteiger partial charge in [-0.3, -0.25) is 9.69 Å². The summed E-state index contributed by atoms with van der Waals surface area (Å²) in [6, 6.07) is 10.6. The monoisotopic (exact) mass is 503 g/mol. The van der Waals surface area contributed by atoms with Gasteiger partial charge in [0.25, 0.3) is 0 Å². The Labute approximate surface area is 208 Å². The molecule has 1 atom stereocenters. The van der Waals surface area contributed by atoms with Gasteiger partial charge in [0.05, 0.1) is 5.92 Å². The number of sulfonamides is 1. The number of aryl methyl sites for hydroxylation is 2. The number of piperidine rings is 1. The summed E-state index contributed by atoms with van der Waals surface area (Å²) in [6.45, 7) is 10.6. The van der Waals surface area contributed by atoms with E-state index < -0.39 is 10.0 Å². The molecule has 2 aromatic rings. The molecule has 9 nitrogen and oxygen atoms in total. The van der Waals surface area contributed by atoms with Crippen molar-refractivity contribution in [1.82, 2.24) is 24.6 Å². The normalized spacial score (nSPS) is 20.7. The first kappa shape index (κ1) is 25.8. The van der Waals surface area contributed by atoms with E-state index in [0.717, 1.165) is 45.7 Å². The van der Waals surface area contributed by atoms with Crippen LogP contribution >= 0.6 is 0 Å². The van der Waals surface area contributed by atoms with Gasteiger partial charge in [0.1, 0.15) is 10.6 Å². The van der Waals surface area contributed by atoms with Crippen LogP contribution in [0.3, 0.4) is 0 Å². The molecule has 1 aromatic heterocycles. The van der Waals surface area contributed by atoms with Crippen LogP contribution in [0.2, 0.25) is 0 Å². The number of nitrogens with one attached hydrogen (secondary N) is 1. The number of aromatic nitrogens is 1. The third kappa shape index (κ3) is 6.49. The van der Waals surface area contributed by atoms with Gasteiger partial charge >= 0.3 is 0 Å². The maximum atomic E-state index is 13.1. The molecule has 0 spiro atoms. The second-order valence-corrected chi connectivity index (χ2v) is 11.5. The van der Waals surface area contributed by atoms with Gasteiger partial charge in [-0.05, 0) is 45.2 Å². The quantitative estimate of drug-likeness (QED) is 0.523. The van der Waals surface area contributed by atoms with Crippen molar-refractivity contribution in [1.29, 1.82) is 0 Å². The fourth-order valence-corrected chi connectivity index (χ4v) is 6.83. The van der Waals surface area contributed by atoms with E-state index in [-0.39, 0.29) is 29.0 Å². The second-order valence-electron chi connectivity index (χ2n) is 9.60. The van der Waals surface area contributed by atoms with E-state index in [1.165, 1.54) is 9.87 Å². The maximum Gasteiger partial charge on any atom is 0.248 e. The number of amides is 1. The van der Waals surface area contributed by atoms with Crippen LogP contribution in [-0.4, -0.2) is 85.9 Å². The molecule has 192 valence electrons. The topological polar surface area (TPSA) is 99.0 Å². The Morgan fingerprint density at radius 3 is 2.49 bits per heavy atom. The van der Waals surface area contributed by atoms with Crippen LogP contribution in [0, 0.1) is 19.8 Å². The Hall–Kier alpha value is -2.27. The Morgan fingerprint density at radius 2 is 1.80 bits per heavy atom. The summed E-state index contributed by atoms with van der Waals surface area (Å²) in [7, 11) is -3.72. The number of nitrogens with zero attached hydrogens (tertiary/aromatic N) is 4. The minimum absolute atomic E-state index is 0.0589. The molecule has 0 saturated carbocycles. The third-order valence-corrected chi connectivity index (χ3v) is 9.10. The number of hydrogen-bond acceptors (Lipinski definition) is 7. The molecule has 0 aliphatic carbocycles. The van der Waals surface area contributed by atoms with Gasteiger partial charge in [-0.2, -0.15) is 4.31 Å². The van der Waals surface area contributed by atoms with Crippen LogP contribution in [0.15, 0.2) is 39.8 Å². The van der Waals surface area contributed by atoms with Crippen LogP contribution in [0.1, 0.15) is 36.3 Å². The number of rotatable bonds is 9. The summed E-state index contributed by atoms with van der Waals surface area (Å²) in [5.74, 6) is -0.105. The average molecular weight is 504 g/mol. The highest BCUT2D eigenvalue weighted by molar-refractivity contribution is 7.89. The SMILES string of the molecule is Cc1noc(C)c1S(=O)(=O)N1CCCC(C(=O)NCCCN2CCN(Cc3ccccc3)CC2)C1. The highest BCUT2D eigenvalue weighted by Crippen LogP contribution is 2.27. The second kappa shape index (κ2) is 11.6. The zero-order valence-electron chi connectivity index (χ0n) is 20.8. The van der Waals surface area contributed by atoms with Crippen molar-refractivity contribution in [2.45, 2.75) is 44.6 Å². The highest BCUT2D eigenvalue weighted by Gasteiger charge is 2.36. The zero-order valence-corrected chi connectivity index (χ0v) is 21.6. The van der Waals surface area contributed by atoms with E-state index in [2.05, 4.69) is 44.5 Å². The molecule has 4 rings (SSSR count). The Bertz CT molecular complexity index is 1060. The summed E-state index contributed by atoms with van der Waals surface area (Å²) in [5.41, 5.74) is 1.71. The molecule has 35 heavy (non-hydrogen) atoms. The van der Waals surface area contributed by atoms with E-state index >= 15 is 0 Å². The molecular weight excluding hydrogens is 466 g/mol. The van der Waals surface area contributed by atoms with Crippen molar-refractivity contribution in [2.24, 2.45) is 5.92 Å². The number of carbonyl (C=O) groups excluding carboxylic acids is 1. The number of carbonyl (C=O) groups is 1. The van der Waals surface area contributed by atoms with Crippen molar-refractivity contribution < 1.29 is 17.7 Å². The Kier molecular flexibility index (Phi) is 8.59. The lowest BCUT2D eigenvalue weighted by atomic mass is 9.99. The molecule has 1 unspecified atom stereocenters. The first-order valence-electron chi connectivity index (χ1n) is 12.5. The molecule has 0 radical (unpaired) electrons. The van der Waals surface area contributed by atoms with E-state index in [4.69, 9.17) is 4.52 Å². The van der Waals surface area contributed by atoms with Gasteiger partial charge in [-0.15, -0.1) is 0 Å². The van der Waals surface area contributed by atoms with Crippen LogP contribution in [-0.2, 0) is 21.4 Å². The van der Waals surface area contributed by atoms with Crippen LogP contribution < -0.4 is 5.32 Å². The summed E-state index contributed by atoms with van der Waals surface area (Å²) in [5, 5.41) is 6.81. The lowest BCUT2D eigenvalue weighted by Crippen LogP contribution is -2.47. The summed E-state index contributed by atoms with van der Waals surface area (Å²) < 4.78 is 32.7. The molecule has 2 fully saturated rings. The van der Waals surface area contributed by atoms with Gasteiger partial charge in [-0.25, -0.2) is 8.42 Å². The molecule has 3 heterocycles. The molecule has 2 saturated heterocycles. The van der Waals surface area contributed by atoms with Gasteiger partial charge in [0.2, 0.25) is 15.9 Å². The van der Waals surface area contributed by atoms with Crippen molar-refractivity contribution in [3.8, 4) is 0 Å². The van der Waals surface area contributed by atoms with Crippen molar-refractivity contribution in [2.75, 3.05) is 52.4 Å². The predicted molar refractivity (Wildman–Crippen MR) is 133 cm³/mol. The molecule has 0 bridgehead atoms. The van der Waals surface area contributed by atoms with Crippen LogP contribution in [0.4, 0.5) is 0 Å². The molecule has 2 aliphatic heterocycles. The minimum atomic E-state index is -3.72. The maximum absolute atomic E-state index is 13.1. The Morgan fingerprint density at radius 1 is 1.09 bits per heavy atom. The summed E-state index contributed by atoms with van der Waals surface area (Å²) >= 11 is 0. The van der Waals surface area contributed by atoms with Gasteiger partial charge in [0, 0.05) is 52.4 Å². The van der Waals surface area contributed by atoms with E-state index in [1.807, 2.05) is 6.07 Å². The van der Waals surface area contributed by atoms with Gasteiger partial charge in [-0.1, -0.05) is 35.5 Å². The summed E-state index contributed by atoms with van der Waals surface area (Å²) in [6.07, 6.45) is 2.25. The smallest absolute Gasteiger partial charge is 0.248 e. The summed E-state index contributed by atoms with van der Waals surface area (Å²) in [4.78, 5) is 17.8. The standard InChI is InChI=1S/C25H37N5O4S/c1-20-24(21(2)34-27-20)35(32,33)30-13-6-10-23(19-30)25(31)26-11-7-12-28-14-16-29(17-15-28)18-22-8-4-3-5-9-22/h3-5,8-9,23H,6-7,10-19H2,1-2H3,(H,26,31). The molecule has 1 amide bonds. The van der Waals surface area contributed by atoms with Crippen molar-refractivity contribution >= 4 is 15.9 Å². The lowest BCUT2D eigenvalue weighted by molar-refractivity contribution is -0.126. The third-order valence-electron chi connectivity index (χ3n) is 6.98. The zero-order chi connectivity index (χ0) is 24.8. The van der Waals surface area contributed by atoms with Crippen LogP contribution in [0.25, 0.3) is 0 Å². The Balaban J connectivity index is 1.17. The van der Waals surface area contributed by atoms with E-state index in [1.54, 1.807) is 13.8 Å². The van der Waals surface area contributed by atoms with Crippen molar-refractivity contribution in [3.05, 3.63) is 47.3 Å². The van der Waals surface area contributed by atoms with Crippen molar-refractivity contribution in [3.63, 3.8) is 0 Å². The fraction of sp³-hybridized carbons (Fsp3) is 0.600. The minimum Gasteiger partial charge on any atom is -0.360 e. The number of benzene rings is 1. The highest BCUT2D eigenvalue weighted by atomic mass is 32.2. The van der Waals surface area contributed by atoms with Gasteiger partial charge < -0.3 is 14.7 Å². The number of piperazine rings is 1. The number of hydrogen-bond donors (Lipinski definition) is 1. The first-order valence-corrected chi connectivity index (χ1v) is 14.0. The molecule has 10 heteroatoms. The predicted octanol–water partition coefficient (Wildman–Crippen LogP) is 2.02. The fourth-order valence-electron chi connectivity index (χ4n) is 5.02. The molecule has 1 N–H and O–H groups in total. The molecular formula is C25H37N5O4S. The lowest BCUT2D eigenvalue weighted by Gasteiger charge is -2.34. The molecule has 1 aromatic carbocycles. The van der Waals surface area contributed by atoms with Crippen LogP contribution in [0.5, 0.6) is 0 Å².